The lowest BCUT2D eigenvalue weighted by Gasteiger charge is -2.16. The van der Waals surface area contributed by atoms with Gasteiger partial charge < -0.3 is 5.73 Å². The Labute approximate surface area is 71.2 Å². The number of hydrogen-bond acceptors (Lipinski definition) is 2. The van der Waals surface area contributed by atoms with Crippen molar-refractivity contribution in [3.8, 4) is 0 Å². The molecule has 1 unspecified atom stereocenters. The zero-order chi connectivity index (χ0) is 8.39. The third kappa shape index (κ3) is 1.19. The van der Waals surface area contributed by atoms with Gasteiger partial charge in [-0.05, 0) is 18.6 Å². The second-order valence-electron chi connectivity index (χ2n) is 2.81. The van der Waals surface area contributed by atoms with Gasteiger partial charge in [0, 0.05) is 12.4 Å². The fourth-order valence-corrected chi connectivity index (χ4v) is 1.30. The van der Waals surface area contributed by atoms with Crippen LogP contribution in [0.1, 0.15) is 6.42 Å². The van der Waals surface area contributed by atoms with Crippen molar-refractivity contribution in [1.82, 2.24) is 9.78 Å². The van der Waals surface area contributed by atoms with E-state index in [1.54, 1.807) is 6.20 Å². The summed E-state index contributed by atoms with van der Waals surface area (Å²) in [6.07, 6.45) is 10.6. The van der Waals surface area contributed by atoms with E-state index in [1.165, 1.54) is 0 Å². The smallest absolute Gasteiger partial charge is 0.0590 e. The standard InChI is InChI=1S/C9H11N3/c10-8-4-1-2-5-9(8)12-7-3-6-11-12/h1-3,5-8H,4,10H2. The molecule has 1 heterocycles. The van der Waals surface area contributed by atoms with Gasteiger partial charge in [0.1, 0.15) is 0 Å². The van der Waals surface area contributed by atoms with Crippen LogP contribution in [0.4, 0.5) is 0 Å². The summed E-state index contributed by atoms with van der Waals surface area (Å²) in [5.74, 6) is 0. The average Bonchev–Trinajstić information content (AvgIpc) is 2.57. The highest BCUT2D eigenvalue weighted by atomic mass is 15.3. The van der Waals surface area contributed by atoms with Crippen LogP contribution in [0, 0.1) is 0 Å². The first-order valence-corrected chi connectivity index (χ1v) is 4.00. The van der Waals surface area contributed by atoms with Gasteiger partial charge in [0.2, 0.25) is 0 Å². The van der Waals surface area contributed by atoms with E-state index < -0.39 is 0 Å². The average molecular weight is 161 g/mol. The topological polar surface area (TPSA) is 43.8 Å². The zero-order valence-corrected chi connectivity index (χ0v) is 6.72. The maximum absolute atomic E-state index is 5.89. The SMILES string of the molecule is NC1CC=CC=C1n1cccn1. The maximum atomic E-state index is 5.89. The maximum Gasteiger partial charge on any atom is 0.0590 e. The van der Waals surface area contributed by atoms with Crippen LogP contribution < -0.4 is 5.73 Å². The molecule has 0 spiro atoms. The first kappa shape index (κ1) is 7.31. The molecule has 0 saturated heterocycles. The Bertz CT molecular complexity index is 309. The zero-order valence-electron chi connectivity index (χ0n) is 6.72. The molecule has 1 aliphatic carbocycles. The summed E-state index contributed by atoms with van der Waals surface area (Å²) < 4.78 is 1.81. The predicted octanol–water partition coefficient (Wildman–Crippen LogP) is 1.01. The third-order valence-electron chi connectivity index (χ3n) is 1.94. The van der Waals surface area contributed by atoms with Gasteiger partial charge in [-0.15, -0.1) is 0 Å². The molecule has 2 rings (SSSR count). The van der Waals surface area contributed by atoms with Gasteiger partial charge in [-0.25, -0.2) is 4.68 Å². The van der Waals surface area contributed by atoms with Crippen molar-refractivity contribution >= 4 is 5.70 Å². The van der Waals surface area contributed by atoms with Crippen molar-refractivity contribution < 1.29 is 0 Å². The summed E-state index contributed by atoms with van der Waals surface area (Å²) in [7, 11) is 0. The van der Waals surface area contributed by atoms with Crippen molar-refractivity contribution in [1.29, 1.82) is 0 Å². The lowest BCUT2D eigenvalue weighted by Crippen LogP contribution is -2.25. The molecule has 3 nitrogen and oxygen atoms in total. The van der Waals surface area contributed by atoms with Gasteiger partial charge >= 0.3 is 0 Å². The molecule has 0 aliphatic heterocycles. The number of hydrogen-bond donors (Lipinski definition) is 1. The normalized spacial score (nSPS) is 22.4. The first-order valence-electron chi connectivity index (χ1n) is 4.00. The summed E-state index contributed by atoms with van der Waals surface area (Å²) in [5, 5.41) is 4.12. The number of aromatic nitrogens is 2. The van der Waals surface area contributed by atoms with Crippen LogP contribution in [-0.4, -0.2) is 15.8 Å². The molecule has 0 fully saturated rings. The molecular weight excluding hydrogens is 150 g/mol. The lowest BCUT2D eigenvalue weighted by atomic mass is 10.1. The van der Waals surface area contributed by atoms with E-state index in [2.05, 4.69) is 11.2 Å². The highest BCUT2D eigenvalue weighted by Gasteiger charge is 2.11. The monoisotopic (exact) mass is 161 g/mol. The van der Waals surface area contributed by atoms with Crippen molar-refractivity contribution in [2.24, 2.45) is 5.73 Å². The Morgan fingerprint density at radius 3 is 3.17 bits per heavy atom. The number of rotatable bonds is 1. The van der Waals surface area contributed by atoms with E-state index >= 15 is 0 Å². The van der Waals surface area contributed by atoms with Crippen LogP contribution >= 0.6 is 0 Å². The van der Waals surface area contributed by atoms with E-state index in [0.29, 0.717) is 0 Å². The largest absolute Gasteiger partial charge is 0.322 e. The molecule has 12 heavy (non-hydrogen) atoms. The second kappa shape index (κ2) is 2.95. The lowest BCUT2D eigenvalue weighted by molar-refractivity contribution is 0.750. The Kier molecular flexibility index (Phi) is 1.80. The number of allylic oxidation sites excluding steroid dienone is 2. The minimum absolute atomic E-state index is 0.0786. The predicted molar refractivity (Wildman–Crippen MR) is 48.2 cm³/mol. The van der Waals surface area contributed by atoms with Gasteiger partial charge in [0.25, 0.3) is 0 Å². The van der Waals surface area contributed by atoms with E-state index in [4.69, 9.17) is 5.73 Å². The fourth-order valence-electron chi connectivity index (χ4n) is 1.30. The molecule has 3 heteroatoms. The summed E-state index contributed by atoms with van der Waals surface area (Å²) in [6.45, 7) is 0. The van der Waals surface area contributed by atoms with Gasteiger partial charge in [-0.3, -0.25) is 0 Å². The Hall–Kier alpha value is -1.35. The summed E-state index contributed by atoms with van der Waals surface area (Å²) in [5.41, 5.74) is 6.95. The molecule has 1 aromatic rings. The van der Waals surface area contributed by atoms with Crippen LogP contribution in [0.3, 0.4) is 0 Å². The van der Waals surface area contributed by atoms with Crippen molar-refractivity contribution in [3.63, 3.8) is 0 Å². The minimum atomic E-state index is 0.0786. The molecule has 1 atom stereocenters. The van der Waals surface area contributed by atoms with Gasteiger partial charge in [0.15, 0.2) is 0 Å². The van der Waals surface area contributed by atoms with Crippen molar-refractivity contribution in [2.75, 3.05) is 0 Å². The molecule has 0 saturated carbocycles. The minimum Gasteiger partial charge on any atom is -0.322 e. The summed E-state index contributed by atoms with van der Waals surface area (Å²) in [4.78, 5) is 0. The fraction of sp³-hybridized carbons (Fsp3) is 0.222. The molecule has 0 amide bonds. The molecule has 0 aromatic carbocycles. The van der Waals surface area contributed by atoms with E-state index in [-0.39, 0.29) is 6.04 Å². The van der Waals surface area contributed by atoms with Crippen LogP contribution in [0.5, 0.6) is 0 Å². The van der Waals surface area contributed by atoms with E-state index in [0.717, 1.165) is 12.1 Å². The van der Waals surface area contributed by atoms with Crippen LogP contribution in [0.2, 0.25) is 0 Å². The van der Waals surface area contributed by atoms with Crippen LogP contribution in [0.15, 0.2) is 36.7 Å². The summed E-state index contributed by atoms with van der Waals surface area (Å²) in [6, 6.07) is 1.97. The highest BCUT2D eigenvalue weighted by Crippen LogP contribution is 2.14. The van der Waals surface area contributed by atoms with Crippen LogP contribution in [0.25, 0.3) is 5.70 Å². The van der Waals surface area contributed by atoms with Gasteiger partial charge in [-0.1, -0.05) is 12.2 Å². The Morgan fingerprint density at radius 1 is 1.58 bits per heavy atom. The third-order valence-corrected chi connectivity index (χ3v) is 1.94. The molecular formula is C9H11N3. The van der Waals surface area contributed by atoms with E-state index in [9.17, 15) is 0 Å². The number of nitrogens with zero attached hydrogens (tertiary/aromatic N) is 2. The quantitative estimate of drug-likeness (QED) is 0.668. The van der Waals surface area contributed by atoms with E-state index in [1.807, 2.05) is 29.1 Å². The molecule has 1 aliphatic rings. The highest BCUT2D eigenvalue weighted by molar-refractivity contribution is 5.54. The van der Waals surface area contributed by atoms with Crippen molar-refractivity contribution in [3.05, 3.63) is 36.7 Å². The Morgan fingerprint density at radius 2 is 2.50 bits per heavy atom. The molecule has 1 aromatic heterocycles. The summed E-state index contributed by atoms with van der Waals surface area (Å²) >= 11 is 0. The van der Waals surface area contributed by atoms with Gasteiger partial charge in [0.05, 0.1) is 11.7 Å². The van der Waals surface area contributed by atoms with Crippen LogP contribution in [-0.2, 0) is 0 Å². The molecule has 2 N–H and O–H groups in total. The second-order valence-corrected chi connectivity index (χ2v) is 2.81. The number of nitrogens with two attached hydrogens (primary N) is 1. The van der Waals surface area contributed by atoms with Gasteiger partial charge in [-0.2, -0.15) is 5.10 Å². The molecule has 0 bridgehead atoms. The molecule has 0 radical (unpaired) electrons. The first-order chi connectivity index (χ1) is 5.88. The molecule has 62 valence electrons. The van der Waals surface area contributed by atoms with Crippen molar-refractivity contribution in [2.45, 2.75) is 12.5 Å². The Balaban J connectivity index is 2.34.